The summed E-state index contributed by atoms with van der Waals surface area (Å²) in [5, 5.41) is 3.64. The molecule has 106 valence electrons. The van der Waals surface area contributed by atoms with Gasteiger partial charge >= 0.3 is 0 Å². The van der Waals surface area contributed by atoms with Crippen molar-refractivity contribution in [1.82, 2.24) is 15.1 Å². The van der Waals surface area contributed by atoms with Crippen molar-refractivity contribution in [2.45, 2.75) is 75.7 Å². The standard InChI is InChI=1S/C15H25N3O/c1-2-3-13-16-15(7-8-15)14(19)18(13)12-6-9-17(10-12)11-4-5-11/h11-13,16H,2-10H2,1H3. The molecular formula is C15H25N3O. The smallest absolute Gasteiger partial charge is 0.244 e. The molecule has 2 aliphatic carbocycles. The number of hydrogen-bond acceptors (Lipinski definition) is 3. The van der Waals surface area contributed by atoms with Crippen molar-refractivity contribution in [3.8, 4) is 0 Å². The first kappa shape index (κ1) is 12.2. The molecule has 1 amide bonds. The van der Waals surface area contributed by atoms with Gasteiger partial charge in [-0.05, 0) is 38.5 Å². The lowest BCUT2D eigenvalue weighted by molar-refractivity contribution is -0.132. The van der Waals surface area contributed by atoms with Gasteiger partial charge in [0.1, 0.15) is 0 Å². The molecule has 2 aliphatic heterocycles. The molecule has 4 aliphatic rings. The first-order chi connectivity index (χ1) is 9.23. The van der Waals surface area contributed by atoms with Crippen LogP contribution in [0, 0.1) is 0 Å². The van der Waals surface area contributed by atoms with Gasteiger partial charge in [-0.15, -0.1) is 0 Å². The number of carbonyl (C=O) groups is 1. The molecule has 4 rings (SSSR count). The van der Waals surface area contributed by atoms with Crippen LogP contribution in [-0.2, 0) is 4.79 Å². The number of likely N-dealkylation sites (tertiary alicyclic amines) is 1. The van der Waals surface area contributed by atoms with Gasteiger partial charge < -0.3 is 4.90 Å². The highest BCUT2D eigenvalue weighted by Gasteiger charge is 2.60. The fraction of sp³-hybridized carbons (Fsp3) is 0.933. The van der Waals surface area contributed by atoms with Crippen LogP contribution >= 0.6 is 0 Å². The molecule has 4 fully saturated rings. The predicted octanol–water partition coefficient (Wildman–Crippen LogP) is 1.31. The van der Waals surface area contributed by atoms with E-state index < -0.39 is 0 Å². The van der Waals surface area contributed by atoms with Gasteiger partial charge in [-0.3, -0.25) is 15.0 Å². The number of nitrogens with one attached hydrogen (secondary N) is 1. The Morgan fingerprint density at radius 1 is 1.26 bits per heavy atom. The highest BCUT2D eigenvalue weighted by Crippen LogP contribution is 2.44. The summed E-state index contributed by atoms with van der Waals surface area (Å²) >= 11 is 0. The van der Waals surface area contributed by atoms with Gasteiger partial charge in [0.15, 0.2) is 0 Å². The SMILES string of the molecule is CCCC1NC2(CC2)C(=O)N1C1CCN(C2CC2)C1. The monoisotopic (exact) mass is 263 g/mol. The van der Waals surface area contributed by atoms with Crippen LogP contribution in [0.2, 0.25) is 0 Å². The maximum absolute atomic E-state index is 12.7. The molecule has 1 spiro atoms. The van der Waals surface area contributed by atoms with E-state index in [4.69, 9.17) is 0 Å². The maximum atomic E-state index is 12.7. The fourth-order valence-corrected chi connectivity index (χ4v) is 3.99. The van der Waals surface area contributed by atoms with E-state index in [9.17, 15) is 4.79 Å². The van der Waals surface area contributed by atoms with Crippen molar-refractivity contribution < 1.29 is 4.79 Å². The predicted molar refractivity (Wildman–Crippen MR) is 73.6 cm³/mol. The summed E-state index contributed by atoms with van der Waals surface area (Å²) in [6, 6.07) is 1.31. The second-order valence-corrected chi connectivity index (χ2v) is 6.91. The molecule has 2 heterocycles. The van der Waals surface area contributed by atoms with Crippen molar-refractivity contribution in [1.29, 1.82) is 0 Å². The average molecular weight is 263 g/mol. The van der Waals surface area contributed by atoms with Crippen molar-refractivity contribution in [3.05, 3.63) is 0 Å². The zero-order valence-electron chi connectivity index (χ0n) is 11.9. The normalized spacial score (nSPS) is 37.5. The zero-order valence-corrected chi connectivity index (χ0v) is 11.9. The van der Waals surface area contributed by atoms with Crippen LogP contribution in [0.4, 0.5) is 0 Å². The van der Waals surface area contributed by atoms with Crippen molar-refractivity contribution in [2.24, 2.45) is 0 Å². The van der Waals surface area contributed by atoms with Crippen LogP contribution in [0.3, 0.4) is 0 Å². The molecule has 19 heavy (non-hydrogen) atoms. The van der Waals surface area contributed by atoms with Crippen LogP contribution in [0.25, 0.3) is 0 Å². The topological polar surface area (TPSA) is 35.6 Å². The van der Waals surface area contributed by atoms with Crippen molar-refractivity contribution >= 4 is 5.91 Å². The maximum Gasteiger partial charge on any atom is 0.244 e. The largest absolute Gasteiger partial charge is 0.321 e. The lowest BCUT2D eigenvalue weighted by atomic mass is 10.1. The van der Waals surface area contributed by atoms with E-state index in [1.807, 2.05) is 0 Å². The Bertz CT molecular complexity index is 389. The molecule has 2 unspecified atom stereocenters. The summed E-state index contributed by atoms with van der Waals surface area (Å²) in [4.78, 5) is 17.5. The van der Waals surface area contributed by atoms with Crippen LogP contribution < -0.4 is 5.32 Å². The Balaban J connectivity index is 1.49. The van der Waals surface area contributed by atoms with Crippen LogP contribution in [0.1, 0.15) is 51.9 Å². The molecule has 4 heteroatoms. The third kappa shape index (κ3) is 1.91. The van der Waals surface area contributed by atoms with Gasteiger partial charge in [-0.2, -0.15) is 0 Å². The summed E-state index contributed by atoms with van der Waals surface area (Å²) in [7, 11) is 0. The molecule has 0 aromatic carbocycles. The third-order valence-electron chi connectivity index (χ3n) is 5.39. The number of rotatable bonds is 4. The second-order valence-electron chi connectivity index (χ2n) is 6.91. The van der Waals surface area contributed by atoms with Gasteiger partial charge in [-0.25, -0.2) is 0 Å². The minimum absolute atomic E-state index is 0.132. The van der Waals surface area contributed by atoms with Gasteiger partial charge in [0.2, 0.25) is 5.91 Å². The number of hydrogen-bond donors (Lipinski definition) is 1. The van der Waals surface area contributed by atoms with Crippen LogP contribution in [0.5, 0.6) is 0 Å². The summed E-state index contributed by atoms with van der Waals surface area (Å²) in [6.07, 6.45) is 8.61. The minimum atomic E-state index is -0.132. The molecule has 2 saturated heterocycles. The molecule has 0 bridgehead atoms. The van der Waals surface area contributed by atoms with E-state index in [1.54, 1.807) is 0 Å². The molecular weight excluding hydrogens is 238 g/mol. The fourth-order valence-electron chi connectivity index (χ4n) is 3.99. The highest BCUT2D eigenvalue weighted by atomic mass is 16.2. The minimum Gasteiger partial charge on any atom is -0.321 e. The first-order valence-corrected chi connectivity index (χ1v) is 8.08. The second kappa shape index (κ2) is 4.19. The van der Waals surface area contributed by atoms with Gasteiger partial charge in [0.25, 0.3) is 0 Å². The quantitative estimate of drug-likeness (QED) is 0.831. The van der Waals surface area contributed by atoms with E-state index in [0.717, 1.165) is 38.3 Å². The average Bonchev–Trinajstić information content (AvgIpc) is 3.30. The summed E-state index contributed by atoms with van der Waals surface area (Å²) < 4.78 is 0. The molecule has 2 atom stereocenters. The van der Waals surface area contributed by atoms with Gasteiger partial charge in [-0.1, -0.05) is 13.3 Å². The molecule has 2 saturated carbocycles. The Hall–Kier alpha value is -0.610. The number of nitrogens with zero attached hydrogens (tertiary/aromatic N) is 2. The Kier molecular flexibility index (Phi) is 2.68. The van der Waals surface area contributed by atoms with Gasteiger partial charge in [0, 0.05) is 25.2 Å². The highest BCUT2D eigenvalue weighted by molar-refractivity contribution is 5.92. The van der Waals surface area contributed by atoms with E-state index in [1.165, 1.54) is 25.8 Å². The Morgan fingerprint density at radius 3 is 2.68 bits per heavy atom. The van der Waals surface area contributed by atoms with E-state index in [0.29, 0.717) is 18.1 Å². The number of carbonyl (C=O) groups excluding carboxylic acids is 1. The lowest BCUT2D eigenvalue weighted by Gasteiger charge is -2.30. The molecule has 1 N–H and O–H groups in total. The van der Waals surface area contributed by atoms with Crippen molar-refractivity contribution in [2.75, 3.05) is 13.1 Å². The van der Waals surface area contributed by atoms with E-state index >= 15 is 0 Å². The third-order valence-corrected chi connectivity index (χ3v) is 5.39. The molecule has 4 nitrogen and oxygen atoms in total. The Labute approximate surface area is 115 Å². The summed E-state index contributed by atoms with van der Waals surface area (Å²) in [5.74, 6) is 0.411. The lowest BCUT2D eigenvalue weighted by Crippen LogP contribution is -2.46. The van der Waals surface area contributed by atoms with Crippen LogP contribution in [-0.4, -0.2) is 52.6 Å². The number of amides is 1. The molecule has 0 aromatic heterocycles. The zero-order chi connectivity index (χ0) is 13.0. The van der Waals surface area contributed by atoms with Crippen LogP contribution in [0.15, 0.2) is 0 Å². The molecule has 0 aromatic rings. The van der Waals surface area contributed by atoms with Gasteiger partial charge in [0.05, 0.1) is 11.7 Å². The Morgan fingerprint density at radius 2 is 2.05 bits per heavy atom. The first-order valence-electron chi connectivity index (χ1n) is 8.08. The van der Waals surface area contributed by atoms with E-state index in [2.05, 4.69) is 22.0 Å². The van der Waals surface area contributed by atoms with E-state index in [-0.39, 0.29) is 5.54 Å². The molecule has 0 radical (unpaired) electrons. The van der Waals surface area contributed by atoms with Crippen molar-refractivity contribution in [3.63, 3.8) is 0 Å². The summed E-state index contributed by atoms with van der Waals surface area (Å²) in [5.41, 5.74) is -0.132. The summed E-state index contributed by atoms with van der Waals surface area (Å²) in [6.45, 7) is 4.53.